The molecule has 4 rings (SSSR count). The smallest absolute Gasteiger partial charge is 0.256 e. The summed E-state index contributed by atoms with van der Waals surface area (Å²) in [5.41, 5.74) is 1.71. The topological polar surface area (TPSA) is 73.0 Å². The van der Waals surface area contributed by atoms with Crippen LogP contribution in [0.2, 0.25) is 0 Å². The third-order valence-corrected chi connectivity index (χ3v) is 7.30. The van der Waals surface area contributed by atoms with Crippen LogP contribution >= 0.6 is 0 Å². The molecule has 174 valence electrons. The SMILES string of the molecule is CC(=O)N1CCN(C(=O)c2ccccc2N2CCC(NC(=O)C3CCCCC3)CC2)CC1. The number of piperazine rings is 1. The first-order chi connectivity index (χ1) is 15.5. The molecule has 1 aromatic rings. The molecule has 0 aromatic heterocycles. The van der Waals surface area contributed by atoms with Crippen molar-refractivity contribution < 1.29 is 14.4 Å². The summed E-state index contributed by atoms with van der Waals surface area (Å²) in [6, 6.07) is 8.06. The first kappa shape index (κ1) is 22.6. The summed E-state index contributed by atoms with van der Waals surface area (Å²) in [5.74, 6) is 0.541. The lowest BCUT2D eigenvalue weighted by molar-refractivity contribution is -0.130. The highest BCUT2D eigenvalue weighted by atomic mass is 16.2. The Morgan fingerprint density at radius 1 is 0.812 bits per heavy atom. The molecule has 0 unspecified atom stereocenters. The molecule has 3 aliphatic rings. The largest absolute Gasteiger partial charge is 0.371 e. The van der Waals surface area contributed by atoms with Gasteiger partial charge in [0.2, 0.25) is 11.8 Å². The van der Waals surface area contributed by atoms with Crippen LogP contribution in [0.4, 0.5) is 5.69 Å². The summed E-state index contributed by atoms with van der Waals surface area (Å²) in [6.07, 6.45) is 7.46. The van der Waals surface area contributed by atoms with Crippen molar-refractivity contribution in [2.75, 3.05) is 44.2 Å². The van der Waals surface area contributed by atoms with E-state index in [1.54, 1.807) is 11.8 Å². The maximum absolute atomic E-state index is 13.3. The molecule has 0 spiro atoms. The summed E-state index contributed by atoms with van der Waals surface area (Å²) in [7, 11) is 0. The number of nitrogens with one attached hydrogen (secondary N) is 1. The second-order valence-electron chi connectivity index (χ2n) is 9.42. The normalized spacial score (nSPS) is 20.8. The number of nitrogens with zero attached hydrogens (tertiary/aromatic N) is 3. The van der Waals surface area contributed by atoms with Gasteiger partial charge in [0.15, 0.2) is 0 Å². The monoisotopic (exact) mass is 440 g/mol. The number of carbonyl (C=O) groups is 3. The molecule has 2 heterocycles. The van der Waals surface area contributed by atoms with Crippen LogP contribution in [0, 0.1) is 5.92 Å². The number of hydrogen-bond acceptors (Lipinski definition) is 4. The molecule has 2 saturated heterocycles. The van der Waals surface area contributed by atoms with Crippen molar-refractivity contribution in [2.24, 2.45) is 5.92 Å². The molecule has 32 heavy (non-hydrogen) atoms. The Labute approximate surface area is 191 Å². The van der Waals surface area contributed by atoms with Gasteiger partial charge in [0, 0.05) is 63.8 Å². The number of benzene rings is 1. The van der Waals surface area contributed by atoms with Gasteiger partial charge in [-0.05, 0) is 37.8 Å². The van der Waals surface area contributed by atoms with E-state index in [9.17, 15) is 14.4 Å². The molecule has 2 aliphatic heterocycles. The quantitative estimate of drug-likeness (QED) is 0.781. The molecule has 3 amide bonds. The van der Waals surface area contributed by atoms with E-state index in [1.807, 2.05) is 29.2 Å². The number of piperidine rings is 1. The standard InChI is InChI=1S/C25H36N4O3/c1-19(30)27-15-17-29(18-16-27)25(32)22-9-5-6-10-23(22)28-13-11-21(12-14-28)26-24(31)20-7-3-2-4-8-20/h5-6,9-10,20-21H,2-4,7-8,11-18H2,1H3,(H,26,31). The highest BCUT2D eigenvalue weighted by Gasteiger charge is 2.29. The second-order valence-corrected chi connectivity index (χ2v) is 9.42. The van der Waals surface area contributed by atoms with Gasteiger partial charge in [-0.1, -0.05) is 31.4 Å². The Hall–Kier alpha value is -2.57. The minimum Gasteiger partial charge on any atom is -0.371 e. The summed E-state index contributed by atoms with van der Waals surface area (Å²) in [4.78, 5) is 43.4. The van der Waals surface area contributed by atoms with E-state index in [0.29, 0.717) is 26.2 Å². The Morgan fingerprint density at radius 3 is 2.09 bits per heavy atom. The fourth-order valence-electron chi connectivity index (χ4n) is 5.27. The molecular formula is C25H36N4O3. The minimum absolute atomic E-state index is 0.0385. The summed E-state index contributed by atoms with van der Waals surface area (Å²) >= 11 is 0. The average molecular weight is 441 g/mol. The minimum atomic E-state index is 0.0385. The van der Waals surface area contributed by atoms with Gasteiger partial charge in [0.1, 0.15) is 0 Å². The highest BCUT2D eigenvalue weighted by Crippen LogP contribution is 2.27. The zero-order valence-corrected chi connectivity index (χ0v) is 19.2. The third-order valence-electron chi connectivity index (χ3n) is 7.30. The fraction of sp³-hybridized carbons (Fsp3) is 0.640. The lowest BCUT2D eigenvalue weighted by Crippen LogP contribution is -2.50. The van der Waals surface area contributed by atoms with Gasteiger partial charge < -0.3 is 20.0 Å². The Balaban J connectivity index is 1.34. The van der Waals surface area contributed by atoms with E-state index in [1.165, 1.54) is 19.3 Å². The van der Waals surface area contributed by atoms with E-state index in [2.05, 4.69) is 10.2 Å². The highest BCUT2D eigenvalue weighted by molar-refractivity contribution is 6.00. The zero-order valence-electron chi connectivity index (χ0n) is 19.2. The molecule has 3 fully saturated rings. The molecule has 0 atom stereocenters. The van der Waals surface area contributed by atoms with E-state index < -0.39 is 0 Å². The van der Waals surface area contributed by atoms with E-state index in [0.717, 1.165) is 50.0 Å². The van der Waals surface area contributed by atoms with Gasteiger partial charge in [-0.25, -0.2) is 0 Å². The van der Waals surface area contributed by atoms with Crippen molar-refractivity contribution in [1.29, 1.82) is 0 Å². The van der Waals surface area contributed by atoms with Crippen molar-refractivity contribution in [3.05, 3.63) is 29.8 Å². The van der Waals surface area contributed by atoms with Crippen LogP contribution in [0.1, 0.15) is 62.2 Å². The number of amides is 3. The maximum atomic E-state index is 13.3. The lowest BCUT2D eigenvalue weighted by Gasteiger charge is -2.37. The summed E-state index contributed by atoms with van der Waals surface area (Å²) in [6.45, 7) is 5.57. The van der Waals surface area contributed by atoms with Gasteiger partial charge in [-0.2, -0.15) is 0 Å². The van der Waals surface area contributed by atoms with Crippen LogP contribution < -0.4 is 10.2 Å². The molecule has 1 N–H and O–H groups in total. The molecule has 1 aromatic carbocycles. The van der Waals surface area contributed by atoms with Crippen molar-refractivity contribution in [3.63, 3.8) is 0 Å². The zero-order chi connectivity index (χ0) is 22.5. The third kappa shape index (κ3) is 5.25. The molecular weight excluding hydrogens is 404 g/mol. The number of rotatable bonds is 4. The average Bonchev–Trinajstić information content (AvgIpc) is 2.84. The van der Waals surface area contributed by atoms with Crippen molar-refractivity contribution >= 4 is 23.4 Å². The van der Waals surface area contributed by atoms with Gasteiger partial charge in [0.25, 0.3) is 5.91 Å². The lowest BCUT2D eigenvalue weighted by atomic mass is 9.88. The second kappa shape index (κ2) is 10.4. The maximum Gasteiger partial charge on any atom is 0.256 e. The van der Waals surface area contributed by atoms with E-state index >= 15 is 0 Å². The fourth-order valence-corrected chi connectivity index (χ4v) is 5.27. The molecule has 1 aliphatic carbocycles. The first-order valence-electron chi connectivity index (χ1n) is 12.2. The predicted octanol–water partition coefficient (Wildman–Crippen LogP) is 2.66. The number of para-hydroxylation sites is 1. The van der Waals surface area contributed by atoms with Gasteiger partial charge in [0.05, 0.1) is 5.56 Å². The van der Waals surface area contributed by atoms with Crippen LogP contribution in [-0.4, -0.2) is 72.8 Å². The van der Waals surface area contributed by atoms with Crippen molar-refractivity contribution in [1.82, 2.24) is 15.1 Å². The number of carbonyl (C=O) groups excluding carboxylic acids is 3. The number of hydrogen-bond donors (Lipinski definition) is 1. The van der Waals surface area contributed by atoms with E-state index in [-0.39, 0.29) is 29.7 Å². The van der Waals surface area contributed by atoms with Gasteiger partial charge in [-0.3, -0.25) is 14.4 Å². The molecule has 7 nitrogen and oxygen atoms in total. The van der Waals surface area contributed by atoms with Crippen LogP contribution in [0.25, 0.3) is 0 Å². The Morgan fingerprint density at radius 2 is 1.44 bits per heavy atom. The van der Waals surface area contributed by atoms with E-state index in [4.69, 9.17) is 0 Å². The van der Waals surface area contributed by atoms with Gasteiger partial charge >= 0.3 is 0 Å². The summed E-state index contributed by atoms with van der Waals surface area (Å²) in [5, 5.41) is 3.29. The van der Waals surface area contributed by atoms with Gasteiger partial charge in [-0.15, -0.1) is 0 Å². The Kier molecular flexibility index (Phi) is 7.33. The molecule has 0 radical (unpaired) electrons. The number of anilines is 1. The van der Waals surface area contributed by atoms with Crippen LogP contribution in [-0.2, 0) is 9.59 Å². The van der Waals surface area contributed by atoms with Crippen molar-refractivity contribution in [2.45, 2.75) is 57.9 Å². The Bertz CT molecular complexity index is 820. The molecule has 7 heteroatoms. The first-order valence-corrected chi connectivity index (χ1v) is 12.2. The predicted molar refractivity (Wildman–Crippen MR) is 125 cm³/mol. The molecule has 1 saturated carbocycles. The molecule has 0 bridgehead atoms. The van der Waals surface area contributed by atoms with Crippen molar-refractivity contribution in [3.8, 4) is 0 Å². The summed E-state index contributed by atoms with van der Waals surface area (Å²) < 4.78 is 0. The van der Waals surface area contributed by atoms with Crippen LogP contribution in [0.15, 0.2) is 24.3 Å². The van der Waals surface area contributed by atoms with Crippen LogP contribution in [0.5, 0.6) is 0 Å². The van der Waals surface area contributed by atoms with Crippen LogP contribution in [0.3, 0.4) is 0 Å².